The summed E-state index contributed by atoms with van der Waals surface area (Å²) >= 11 is 0. The van der Waals surface area contributed by atoms with Gasteiger partial charge >= 0.3 is 0 Å². The van der Waals surface area contributed by atoms with Crippen LogP contribution in [0.2, 0.25) is 0 Å². The first-order chi connectivity index (χ1) is 12.9. The molecule has 1 heterocycles. The quantitative estimate of drug-likeness (QED) is 0.477. The zero-order valence-electron chi connectivity index (χ0n) is 15.1. The number of amides is 2. The van der Waals surface area contributed by atoms with Crippen LogP contribution in [0.15, 0.2) is 42.5 Å². The second-order valence-electron chi connectivity index (χ2n) is 6.05. The third kappa shape index (κ3) is 3.00. The van der Waals surface area contributed by atoms with E-state index in [-0.39, 0.29) is 17.1 Å². The predicted molar refractivity (Wildman–Crippen MR) is 99.6 cm³/mol. The van der Waals surface area contributed by atoms with Crippen LogP contribution < -0.4 is 4.90 Å². The Morgan fingerprint density at radius 2 is 1.67 bits per heavy atom. The van der Waals surface area contributed by atoms with E-state index in [2.05, 4.69) is 0 Å². The normalized spacial score (nSPS) is 14.4. The Bertz CT molecular complexity index is 1040. The average molecular weight is 360 g/mol. The molecular weight excluding hydrogens is 344 g/mol. The van der Waals surface area contributed by atoms with E-state index < -0.39 is 11.8 Å². The maximum atomic E-state index is 13.0. The summed E-state index contributed by atoms with van der Waals surface area (Å²) in [4.78, 5) is 37.9. The number of hydrogen-bond donors (Lipinski definition) is 0. The van der Waals surface area contributed by atoms with Crippen molar-refractivity contribution in [2.75, 3.05) is 12.0 Å². The first-order valence-corrected chi connectivity index (χ1v) is 8.18. The number of carbonyl (C=O) groups excluding carboxylic acids is 3. The van der Waals surface area contributed by atoms with Crippen molar-refractivity contribution in [1.29, 1.82) is 5.26 Å². The summed E-state index contributed by atoms with van der Waals surface area (Å²) in [6, 6.07) is 13.4. The molecule has 0 spiro atoms. The number of fused-ring (bicyclic) bond motifs is 1. The van der Waals surface area contributed by atoms with Gasteiger partial charge in [-0.15, -0.1) is 0 Å². The molecule has 2 aromatic rings. The standard InChI is InChI=1S/C21H16N2O4/c1-12(24)16-8-9-18-17(10-16)19(21(26)23(18)13(2)25)20(27-3)15-6-4-14(11-22)5-7-15/h4-10H,1-3H3. The summed E-state index contributed by atoms with van der Waals surface area (Å²) in [5, 5.41) is 8.96. The molecule has 3 rings (SSSR count). The minimum absolute atomic E-state index is 0.150. The van der Waals surface area contributed by atoms with Gasteiger partial charge in [-0.25, -0.2) is 4.90 Å². The van der Waals surface area contributed by atoms with Gasteiger partial charge in [0.1, 0.15) is 5.76 Å². The monoisotopic (exact) mass is 360 g/mol. The van der Waals surface area contributed by atoms with E-state index in [1.807, 2.05) is 6.07 Å². The Labute approximate surface area is 156 Å². The van der Waals surface area contributed by atoms with E-state index in [9.17, 15) is 14.4 Å². The molecule has 134 valence electrons. The number of hydrogen-bond acceptors (Lipinski definition) is 5. The van der Waals surface area contributed by atoms with Gasteiger partial charge in [0.2, 0.25) is 5.91 Å². The summed E-state index contributed by atoms with van der Waals surface area (Å²) in [5.74, 6) is -0.820. The lowest BCUT2D eigenvalue weighted by Gasteiger charge is -2.12. The minimum atomic E-state index is -0.514. The molecule has 0 aliphatic carbocycles. The van der Waals surface area contributed by atoms with Crippen LogP contribution in [0, 0.1) is 11.3 Å². The van der Waals surface area contributed by atoms with Crippen molar-refractivity contribution >= 4 is 34.6 Å². The number of anilines is 1. The molecule has 0 atom stereocenters. The van der Waals surface area contributed by atoms with Crippen LogP contribution in [0.3, 0.4) is 0 Å². The average Bonchev–Trinajstić information content (AvgIpc) is 2.94. The van der Waals surface area contributed by atoms with Gasteiger partial charge in [0.15, 0.2) is 5.78 Å². The molecule has 27 heavy (non-hydrogen) atoms. The van der Waals surface area contributed by atoms with E-state index in [0.717, 1.165) is 4.90 Å². The van der Waals surface area contributed by atoms with Crippen LogP contribution in [-0.2, 0) is 14.3 Å². The van der Waals surface area contributed by atoms with Crippen LogP contribution >= 0.6 is 0 Å². The van der Waals surface area contributed by atoms with E-state index in [0.29, 0.717) is 27.9 Å². The molecule has 0 saturated carbocycles. The van der Waals surface area contributed by atoms with Gasteiger partial charge < -0.3 is 4.74 Å². The SMILES string of the molecule is COC(=C1C(=O)N(C(C)=O)c2ccc(C(C)=O)cc21)c1ccc(C#N)cc1. The maximum absolute atomic E-state index is 13.0. The summed E-state index contributed by atoms with van der Waals surface area (Å²) in [6.45, 7) is 2.74. The fourth-order valence-corrected chi connectivity index (χ4v) is 3.08. The molecule has 0 radical (unpaired) electrons. The van der Waals surface area contributed by atoms with Crippen molar-refractivity contribution in [3.8, 4) is 6.07 Å². The zero-order chi connectivity index (χ0) is 19.7. The number of nitriles is 1. The van der Waals surface area contributed by atoms with Gasteiger partial charge in [-0.3, -0.25) is 14.4 Å². The Morgan fingerprint density at radius 3 is 2.19 bits per heavy atom. The first-order valence-electron chi connectivity index (χ1n) is 8.18. The molecule has 2 amide bonds. The number of ether oxygens (including phenoxy) is 1. The summed E-state index contributed by atoms with van der Waals surface area (Å²) in [6.07, 6.45) is 0. The van der Waals surface area contributed by atoms with Crippen molar-refractivity contribution in [1.82, 2.24) is 0 Å². The Kier molecular flexibility index (Phi) is 4.61. The molecule has 0 saturated heterocycles. The van der Waals surface area contributed by atoms with Crippen molar-refractivity contribution in [2.24, 2.45) is 0 Å². The molecule has 0 fully saturated rings. The van der Waals surface area contributed by atoms with E-state index >= 15 is 0 Å². The number of ketones is 1. The molecule has 6 nitrogen and oxygen atoms in total. The molecule has 0 unspecified atom stereocenters. The van der Waals surface area contributed by atoms with Crippen molar-refractivity contribution < 1.29 is 19.1 Å². The largest absolute Gasteiger partial charge is 0.495 e. The number of nitrogens with zero attached hydrogens (tertiary/aromatic N) is 2. The highest BCUT2D eigenvalue weighted by Crippen LogP contribution is 2.41. The highest BCUT2D eigenvalue weighted by Gasteiger charge is 2.38. The number of Topliss-reactive ketones (excluding diaryl/α,β-unsaturated/α-hetero) is 1. The molecule has 1 aliphatic rings. The van der Waals surface area contributed by atoms with Gasteiger partial charge in [-0.2, -0.15) is 5.26 Å². The Morgan fingerprint density at radius 1 is 1.04 bits per heavy atom. The van der Waals surface area contributed by atoms with Crippen LogP contribution in [0.1, 0.15) is 40.9 Å². The number of benzene rings is 2. The second-order valence-corrected chi connectivity index (χ2v) is 6.05. The van der Waals surface area contributed by atoms with Gasteiger partial charge in [-0.1, -0.05) is 0 Å². The van der Waals surface area contributed by atoms with Crippen LogP contribution in [0.5, 0.6) is 0 Å². The van der Waals surface area contributed by atoms with E-state index in [4.69, 9.17) is 10.00 Å². The minimum Gasteiger partial charge on any atom is -0.495 e. The van der Waals surface area contributed by atoms with Crippen molar-refractivity contribution in [3.05, 3.63) is 64.7 Å². The number of rotatable bonds is 3. The van der Waals surface area contributed by atoms with Gasteiger partial charge in [0.25, 0.3) is 5.91 Å². The zero-order valence-corrected chi connectivity index (χ0v) is 15.1. The number of methoxy groups -OCH3 is 1. The van der Waals surface area contributed by atoms with Crippen LogP contribution in [0.25, 0.3) is 11.3 Å². The lowest BCUT2D eigenvalue weighted by atomic mass is 9.98. The van der Waals surface area contributed by atoms with Crippen molar-refractivity contribution in [3.63, 3.8) is 0 Å². The lowest BCUT2D eigenvalue weighted by Crippen LogP contribution is -2.31. The van der Waals surface area contributed by atoms with Crippen LogP contribution in [0.4, 0.5) is 5.69 Å². The van der Waals surface area contributed by atoms with Crippen molar-refractivity contribution in [2.45, 2.75) is 13.8 Å². The molecule has 2 aromatic carbocycles. The second kappa shape index (κ2) is 6.89. The fraction of sp³-hybridized carbons (Fsp3) is 0.143. The summed E-state index contributed by atoms with van der Waals surface area (Å²) < 4.78 is 5.50. The fourth-order valence-electron chi connectivity index (χ4n) is 3.08. The third-order valence-electron chi connectivity index (χ3n) is 4.35. The summed E-state index contributed by atoms with van der Waals surface area (Å²) in [7, 11) is 1.43. The third-order valence-corrected chi connectivity index (χ3v) is 4.35. The molecule has 6 heteroatoms. The lowest BCUT2D eigenvalue weighted by molar-refractivity contribution is -0.122. The molecule has 0 N–H and O–H groups in total. The smallest absolute Gasteiger partial charge is 0.269 e. The molecule has 0 bridgehead atoms. The molecule has 1 aliphatic heterocycles. The summed E-state index contributed by atoms with van der Waals surface area (Å²) in [5.41, 5.74) is 2.57. The first kappa shape index (κ1) is 18.1. The Hall–Kier alpha value is -3.72. The van der Waals surface area contributed by atoms with Gasteiger partial charge in [0, 0.05) is 23.6 Å². The molecular formula is C21H16N2O4. The predicted octanol–water partition coefficient (Wildman–Crippen LogP) is 3.17. The number of carbonyl (C=O) groups is 3. The number of imide groups is 1. The van der Waals surface area contributed by atoms with E-state index in [1.165, 1.54) is 21.0 Å². The maximum Gasteiger partial charge on any atom is 0.269 e. The highest BCUT2D eigenvalue weighted by molar-refractivity contribution is 6.43. The topological polar surface area (TPSA) is 87.5 Å². The van der Waals surface area contributed by atoms with Gasteiger partial charge in [-0.05, 0) is 49.4 Å². The highest BCUT2D eigenvalue weighted by atomic mass is 16.5. The Balaban J connectivity index is 2.30. The van der Waals surface area contributed by atoms with E-state index in [1.54, 1.807) is 42.5 Å². The van der Waals surface area contributed by atoms with Gasteiger partial charge in [0.05, 0.1) is 30.0 Å². The van der Waals surface area contributed by atoms with Crippen LogP contribution in [-0.4, -0.2) is 24.7 Å². The molecule has 0 aromatic heterocycles.